The van der Waals surface area contributed by atoms with E-state index < -0.39 is 0 Å². The number of guanidine groups is 1. The molecular weight excluding hydrogens is 463 g/mol. The molecule has 6 heteroatoms. The Kier molecular flexibility index (Phi) is 9.21. The number of nitrogens with zero attached hydrogens (tertiary/aromatic N) is 2. The Morgan fingerprint density at radius 1 is 1.07 bits per heavy atom. The standard InChI is InChI=1S/C22H30N4O.HI/c1-17(2)19-9-6-10-20(15-19)25-22(23)24-16-21(18-7-4-3-5-8-18)26-11-13-27-14-12-26;/h3-10,15,17,21H,11-14,16H2,1-2H3,(H3,23,24,25);1H. The highest BCUT2D eigenvalue weighted by Gasteiger charge is 2.22. The van der Waals surface area contributed by atoms with Gasteiger partial charge in [0.25, 0.3) is 0 Å². The Morgan fingerprint density at radius 3 is 2.43 bits per heavy atom. The zero-order valence-corrected chi connectivity index (χ0v) is 19.0. The van der Waals surface area contributed by atoms with Crippen LogP contribution in [0.25, 0.3) is 0 Å². The first-order valence-electron chi connectivity index (χ1n) is 9.67. The van der Waals surface area contributed by atoms with Gasteiger partial charge >= 0.3 is 0 Å². The van der Waals surface area contributed by atoms with Crippen molar-refractivity contribution in [1.29, 1.82) is 0 Å². The maximum atomic E-state index is 6.18. The number of nitrogens with two attached hydrogens (primary N) is 1. The van der Waals surface area contributed by atoms with Crippen molar-refractivity contribution in [3.8, 4) is 0 Å². The first-order valence-corrected chi connectivity index (χ1v) is 9.67. The number of morpholine rings is 1. The molecule has 0 amide bonds. The monoisotopic (exact) mass is 494 g/mol. The molecule has 0 radical (unpaired) electrons. The first kappa shape index (κ1) is 22.6. The van der Waals surface area contributed by atoms with E-state index in [0.717, 1.165) is 32.0 Å². The molecule has 3 N–H and O–H groups in total. The molecule has 152 valence electrons. The highest BCUT2D eigenvalue weighted by atomic mass is 127. The van der Waals surface area contributed by atoms with Crippen molar-refractivity contribution in [1.82, 2.24) is 4.90 Å². The lowest BCUT2D eigenvalue weighted by molar-refractivity contribution is 0.0180. The number of hydrogen-bond donors (Lipinski definition) is 2. The molecule has 5 nitrogen and oxygen atoms in total. The number of rotatable bonds is 6. The van der Waals surface area contributed by atoms with Crippen LogP contribution < -0.4 is 11.1 Å². The normalized spacial score (nSPS) is 16.5. The van der Waals surface area contributed by atoms with Crippen LogP contribution in [0.1, 0.15) is 36.9 Å². The second-order valence-electron chi connectivity index (χ2n) is 7.21. The van der Waals surface area contributed by atoms with Gasteiger partial charge in [0.15, 0.2) is 5.96 Å². The lowest BCUT2D eigenvalue weighted by Crippen LogP contribution is -2.40. The fraction of sp³-hybridized carbons (Fsp3) is 0.409. The summed E-state index contributed by atoms with van der Waals surface area (Å²) in [4.78, 5) is 7.07. The minimum Gasteiger partial charge on any atom is -0.379 e. The molecule has 1 aliphatic heterocycles. The van der Waals surface area contributed by atoms with Crippen LogP contribution in [0.4, 0.5) is 5.69 Å². The molecule has 0 saturated carbocycles. The van der Waals surface area contributed by atoms with Crippen LogP contribution in [-0.4, -0.2) is 43.7 Å². The van der Waals surface area contributed by atoms with Crippen molar-refractivity contribution >= 4 is 35.6 Å². The zero-order valence-electron chi connectivity index (χ0n) is 16.7. The minimum absolute atomic E-state index is 0. The summed E-state index contributed by atoms with van der Waals surface area (Å²) in [5.74, 6) is 0.929. The summed E-state index contributed by atoms with van der Waals surface area (Å²) in [6.07, 6.45) is 0. The third-order valence-electron chi connectivity index (χ3n) is 4.93. The van der Waals surface area contributed by atoms with Crippen LogP contribution in [0.3, 0.4) is 0 Å². The molecule has 1 atom stereocenters. The van der Waals surface area contributed by atoms with Crippen molar-refractivity contribution in [2.24, 2.45) is 10.7 Å². The van der Waals surface area contributed by atoms with E-state index in [0.29, 0.717) is 18.4 Å². The quantitative estimate of drug-likeness (QED) is 0.359. The molecule has 0 spiro atoms. The van der Waals surface area contributed by atoms with E-state index in [1.165, 1.54) is 11.1 Å². The van der Waals surface area contributed by atoms with Crippen molar-refractivity contribution in [2.75, 3.05) is 38.2 Å². The van der Waals surface area contributed by atoms with Crippen LogP contribution in [0.2, 0.25) is 0 Å². The van der Waals surface area contributed by atoms with Gasteiger partial charge in [-0.1, -0.05) is 56.3 Å². The van der Waals surface area contributed by atoms with Crippen LogP contribution in [0.5, 0.6) is 0 Å². The molecule has 1 fully saturated rings. The molecule has 2 aromatic carbocycles. The topological polar surface area (TPSA) is 62.9 Å². The van der Waals surface area contributed by atoms with Gasteiger partial charge in [0.1, 0.15) is 0 Å². The van der Waals surface area contributed by atoms with Crippen molar-refractivity contribution < 1.29 is 4.74 Å². The third-order valence-corrected chi connectivity index (χ3v) is 4.93. The van der Waals surface area contributed by atoms with E-state index in [9.17, 15) is 0 Å². The highest BCUT2D eigenvalue weighted by Crippen LogP contribution is 2.22. The molecule has 0 aromatic heterocycles. The fourth-order valence-corrected chi connectivity index (χ4v) is 3.34. The maximum absolute atomic E-state index is 6.18. The summed E-state index contributed by atoms with van der Waals surface area (Å²) in [5, 5.41) is 3.23. The van der Waals surface area contributed by atoms with Gasteiger partial charge in [-0.05, 0) is 29.2 Å². The highest BCUT2D eigenvalue weighted by molar-refractivity contribution is 14.0. The predicted molar refractivity (Wildman–Crippen MR) is 128 cm³/mol. The molecular formula is C22H31IN4O. The third kappa shape index (κ3) is 6.46. The number of nitrogens with one attached hydrogen (secondary N) is 1. The molecule has 0 aliphatic carbocycles. The second-order valence-corrected chi connectivity index (χ2v) is 7.21. The summed E-state index contributed by atoms with van der Waals surface area (Å²) >= 11 is 0. The molecule has 1 heterocycles. The molecule has 1 saturated heterocycles. The van der Waals surface area contributed by atoms with Crippen molar-refractivity contribution in [2.45, 2.75) is 25.8 Å². The average Bonchev–Trinajstić information content (AvgIpc) is 2.70. The molecule has 0 bridgehead atoms. The van der Waals surface area contributed by atoms with E-state index in [2.05, 4.69) is 65.5 Å². The molecule has 1 unspecified atom stereocenters. The Balaban J connectivity index is 0.00000280. The Morgan fingerprint density at radius 2 is 1.75 bits per heavy atom. The molecule has 1 aliphatic rings. The van der Waals surface area contributed by atoms with Gasteiger partial charge in [0.2, 0.25) is 0 Å². The van der Waals surface area contributed by atoms with Gasteiger partial charge in [-0.3, -0.25) is 9.89 Å². The zero-order chi connectivity index (χ0) is 19.1. The summed E-state index contributed by atoms with van der Waals surface area (Å²) in [5.41, 5.74) is 9.70. The second kappa shape index (κ2) is 11.4. The molecule has 3 rings (SSSR count). The van der Waals surface area contributed by atoms with Gasteiger partial charge in [-0.15, -0.1) is 24.0 Å². The van der Waals surface area contributed by atoms with E-state index in [-0.39, 0.29) is 30.0 Å². The Hall–Kier alpha value is -1.64. The average molecular weight is 494 g/mol. The van der Waals surface area contributed by atoms with Crippen molar-refractivity contribution in [3.63, 3.8) is 0 Å². The van der Waals surface area contributed by atoms with Gasteiger partial charge in [-0.25, -0.2) is 0 Å². The van der Waals surface area contributed by atoms with E-state index in [4.69, 9.17) is 10.5 Å². The molecule has 2 aromatic rings. The van der Waals surface area contributed by atoms with E-state index in [1.54, 1.807) is 0 Å². The minimum atomic E-state index is 0. The lowest BCUT2D eigenvalue weighted by atomic mass is 10.0. The number of benzene rings is 2. The van der Waals surface area contributed by atoms with Gasteiger partial charge in [0.05, 0.1) is 25.8 Å². The summed E-state index contributed by atoms with van der Waals surface area (Å²) in [6.45, 7) is 8.35. The predicted octanol–water partition coefficient (Wildman–Crippen LogP) is 4.23. The fourth-order valence-electron chi connectivity index (χ4n) is 3.34. The largest absolute Gasteiger partial charge is 0.379 e. The lowest BCUT2D eigenvalue weighted by Gasteiger charge is -2.34. The van der Waals surface area contributed by atoms with Gasteiger partial charge < -0.3 is 15.8 Å². The smallest absolute Gasteiger partial charge is 0.193 e. The number of ether oxygens (including phenoxy) is 1. The Bertz CT molecular complexity index is 745. The number of halogens is 1. The van der Waals surface area contributed by atoms with Gasteiger partial charge in [0, 0.05) is 18.8 Å². The van der Waals surface area contributed by atoms with Crippen LogP contribution in [0.15, 0.2) is 59.6 Å². The van der Waals surface area contributed by atoms with Crippen molar-refractivity contribution in [3.05, 3.63) is 65.7 Å². The van der Waals surface area contributed by atoms with Crippen LogP contribution >= 0.6 is 24.0 Å². The SMILES string of the molecule is CC(C)c1cccc(NC(N)=NCC(c2ccccc2)N2CCOCC2)c1.I. The van der Waals surface area contributed by atoms with Gasteiger partial charge in [-0.2, -0.15) is 0 Å². The van der Waals surface area contributed by atoms with E-state index >= 15 is 0 Å². The molecule has 28 heavy (non-hydrogen) atoms. The summed E-state index contributed by atoms with van der Waals surface area (Å²) in [7, 11) is 0. The number of anilines is 1. The summed E-state index contributed by atoms with van der Waals surface area (Å²) < 4.78 is 5.51. The first-order chi connectivity index (χ1) is 13.1. The van der Waals surface area contributed by atoms with E-state index in [1.807, 2.05) is 18.2 Å². The van der Waals surface area contributed by atoms with Crippen LogP contribution in [-0.2, 0) is 4.74 Å². The Labute approximate surface area is 185 Å². The number of hydrogen-bond acceptors (Lipinski definition) is 3. The van der Waals surface area contributed by atoms with Crippen LogP contribution in [0, 0.1) is 0 Å². The number of aliphatic imine (C=N–C) groups is 1. The summed E-state index contributed by atoms with van der Waals surface area (Å²) in [6, 6.07) is 19.0. The maximum Gasteiger partial charge on any atom is 0.193 e.